The van der Waals surface area contributed by atoms with Crippen LogP contribution in [0.15, 0.2) is 17.1 Å². The SMILES string of the molecule is C=C(C)CN=C(N)NCCCN1CCC(C)CC1.I. The molecule has 0 aromatic rings. The summed E-state index contributed by atoms with van der Waals surface area (Å²) in [7, 11) is 0. The minimum Gasteiger partial charge on any atom is -0.370 e. The predicted molar refractivity (Wildman–Crippen MR) is 94.2 cm³/mol. The third kappa shape index (κ3) is 9.27. The molecule has 0 aromatic carbocycles. The lowest BCUT2D eigenvalue weighted by Crippen LogP contribution is -2.37. The molecular weight excluding hydrogens is 351 g/mol. The predicted octanol–water partition coefficient (Wildman–Crippen LogP) is 2.21. The van der Waals surface area contributed by atoms with Crippen LogP contribution >= 0.6 is 24.0 Å². The molecule has 0 bridgehead atoms. The van der Waals surface area contributed by atoms with Gasteiger partial charge in [-0.05, 0) is 51.7 Å². The van der Waals surface area contributed by atoms with Crippen LogP contribution in [0.5, 0.6) is 0 Å². The average Bonchev–Trinajstić information content (AvgIpc) is 2.34. The summed E-state index contributed by atoms with van der Waals surface area (Å²) in [5, 5.41) is 3.15. The number of nitrogens with one attached hydrogen (secondary N) is 1. The van der Waals surface area contributed by atoms with Crippen LogP contribution in [0.3, 0.4) is 0 Å². The summed E-state index contributed by atoms with van der Waals surface area (Å²) in [6.07, 6.45) is 3.81. The van der Waals surface area contributed by atoms with E-state index in [1.54, 1.807) is 0 Å². The zero-order chi connectivity index (χ0) is 13.4. The van der Waals surface area contributed by atoms with Crippen molar-refractivity contribution in [1.29, 1.82) is 0 Å². The maximum Gasteiger partial charge on any atom is 0.188 e. The zero-order valence-corrected chi connectivity index (χ0v) is 14.7. The van der Waals surface area contributed by atoms with E-state index < -0.39 is 0 Å². The quantitative estimate of drug-likeness (QED) is 0.244. The van der Waals surface area contributed by atoms with Crippen molar-refractivity contribution in [3.8, 4) is 0 Å². The van der Waals surface area contributed by atoms with E-state index in [4.69, 9.17) is 5.73 Å². The summed E-state index contributed by atoms with van der Waals surface area (Å²) in [4.78, 5) is 6.73. The lowest BCUT2D eigenvalue weighted by Gasteiger charge is -2.30. The lowest BCUT2D eigenvalue weighted by atomic mass is 9.99. The smallest absolute Gasteiger partial charge is 0.188 e. The van der Waals surface area contributed by atoms with Gasteiger partial charge in [0.2, 0.25) is 0 Å². The Morgan fingerprint density at radius 2 is 2.05 bits per heavy atom. The standard InChI is InChI=1S/C14H28N4.HI/c1-12(2)11-17-14(15)16-7-4-8-18-9-5-13(3)6-10-18;/h13H,1,4-11H2,2-3H3,(H3,15,16,17);1H. The maximum absolute atomic E-state index is 5.74. The van der Waals surface area contributed by atoms with Gasteiger partial charge >= 0.3 is 0 Å². The van der Waals surface area contributed by atoms with E-state index in [-0.39, 0.29) is 24.0 Å². The van der Waals surface area contributed by atoms with Gasteiger partial charge < -0.3 is 16.0 Å². The molecule has 19 heavy (non-hydrogen) atoms. The number of likely N-dealkylation sites (tertiary alicyclic amines) is 1. The molecular formula is C14H29IN4. The molecule has 0 aliphatic carbocycles. The Kier molecular flexibility index (Phi) is 10.3. The van der Waals surface area contributed by atoms with E-state index in [1.807, 2.05) is 6.92 Å². The monoisotopic (exact) mass is 380 g/mol. The highest BCUT2D eigenvalue weighted by Gasteiger charge is 2.14. The molecule has 0 amide bonds. The largest absolute Gasteiger partial charge is 0.370 e. The molecule has 1 aliphatic rings. The molecule has 112 valence electrons. The molecule has 1 saturated heterocycles. The summed E-state index contributed by atoms with van der Waals surface area (Å²) in [5.74, 6) is 1.44. The molecule has 1 fully saturated rings. The fourth-order valence-corrected chi connectivity index (χ4v) is 2.08. The van der Waals surface area contributed by atoms with Crippen molar-refractivity contribution in [1.82, 2.24) is 10.2 Å². The molecule has 1 aliphatic heterocycles. The number of nitrogens with two attached hydrogens (primary N) is 1. The Bertz CT molecular complexity index is 283. The molecule has 3 N–H and O–H groups in total. The van der Waals surface area contributed by atoms with Crippen LogP contribution in [-0.2, 0) is 0 Å². The lowest BCUT2D eigenvalue weighted by molar-refractivity contribution is 0.191. The van der Waals surface area contributed by atoms with Crippen LogP contribution in [0.4, 0.5) is 0 Å². The number of nitrogens with zero attached hydrogens (tertiary/aromatic N) is 2. The van der Waals surface area contributed by atoms with Gasteiger partial charge in [-0.1, -0.05) is 19.1 Å². The third-order valence-corrected chi connectivity index (χ3v) is 3.35. The van der Waals surface area contributed by atoms with Crippen molar-refractivity contribution in [2.75, 3.05) is 32.7 Å². The van der Waals surface area contributed by atoms with Crippen LogP contribution in [0.1, 0.15) is 33.1 Å². The summed E-state index contributed by atoms with van der Waals surface area (Å²) < 4.78 is 0. The second-order valence-corrected chi connectivity index (χ2v) is 5.46. The van der Waals surface area contributed by atoms with E-state index >= 15 is 0 Å². The second kappa shape index (κ2) is 10.5. The molecule has 0 aromatic heterocycles. The first-order valence-electron chi connectivity index (χ1n) is 6.98. The second-order valence-electron chi connectivity index (χ2n) is 5.46. The van der Waals surface area contributed by atoms with Crippen LogP contribution in [0, 0.1) is 5.92 Å². The first-order valence-corrected chi connectivity index (χ1v) is 6.98. The normalized spacial score (nSPS) is 17.9. The van der Waals surface area contributed by atoms with E-state index in [2.05, 4.69) is 28.7 Å². The van der Waals surface area contributed by atoms with Gasteiger partial charge in [0.25, 0.3) is 0 Å². The number of guanidine groups is 1. The minimum absolute atomic E-state index is 0. The van der Waals surface area contributed by atoms with Crippen LogP contribution in [0.2, 0.25) is 0 Å². The highest BCUT2D eigenvalue weighted by Crippen LogP contribution is 2.15. The number of halogens is 1. The van der Waals surface area contributed by atoms with Gasteiger partial charge in [-0.3, -0.25) is 0 Å². The number of hydrogen-bond donors (Lipinski definition) is 2. The van der Waals surface area contributed by atoms with Gasteiger partial charge in [0.15, 0.2) is 5.96 Å². The van der Waals surface area contributed by atoms with Crippen LogP contribution < -0.4 is 11.1 Å². The Morgan fingerprint density at radius 1 is 1.42 bits per heavy atom. The highest BCUT2D eigenvalue weighted by atomic mass is 127. The van der Waals surface area contributed by atoms with Crippen molar-refractivity contribution in [3.63, 3.8) is 0 Å². The van der Waals surface area contributed by atoms with Gasteiger partial charge in [0, 0.05) is 6.54 Å². The summed E-state index contributed by atoms with van der Waals surface area (Å²) in [6.45, 7) is 13.3. The summed E-state index contributed by atoms with van der Waals surface area (Å²) >= 11 is 0. The fourth-order valence-electron chi connectivity index (χ4n) is 2.08. The van der Waals surface area contributed by atoms with E-state index in [0.717, 1.165) is 31.0 Å². The van der Waals surface area contributed by atoms with Crippen LogP contribution in [-0.4, -0.2) is 43.6 Å². The maximum atomic E-state index is 5.74. The van der Waals surface area contributed by atoms with E-state index in [9.17, 15) is 0 Å². The van der Waals surface area contributed by atoms with Gasteiger partial charge in [-0.15, -0.1) is 24.0 Å². The van der Waals surface area contributed by atoms with Crippen molar-refractivity contribution in [2.24, 2.45) is 16.6 Å². The first kappa shape index (κ1) is 18.7. The number of hydrogen-bond acceptors (Lipinski definition) is 2. The molecule has 0 saturated carbocycles. The summed E-state index contributed by atoms with van der Waals surface area (Å²) in [6, 6.07) is 0. The highest BCUT2D eigenvalue weighted by molar-refractivity contribution is 14.0. The average molecular weight is 380 g/mol. The zero-order valence-electron chi connectivity index (χ0n) is 12.3. The van der Waals surface area contributed by atoms with Gasteiger partial charge in [0.1, 0.15) is 0 Å². The molecule has 0 spiro atoms. The fraction of sp³-hybridized carbons (Fsp3) is 0.786. The minimum atomic E-state index is 0. The van der Waals surface area contributed by atoms with Crippen molar-refractivity contribution < 1.29 is 0 Å². The van der Waals surface area contributed by atoms with Crippen LogP contribution in [0.25, 0.3) is 0 Å². The third-order valence-electron chi connectivity index (χ3n) is 3.35. The molecule has 0 unspecified atom stereocenters. The Hall–Kier alpha value is -0.300. The Balaban J connectivity index is 0.00000324. The van der Waals surface area contributed by atoms with E-state index in [1.165, 1.54) is 25.9 Å². The molecule has 0 radical (unpaired) electrons. The van der Waals surface area contributed by atoms with Gasteiger partial charge in [-0.25, -0.2) is 4.99 Å². The molecule has 5 heteroatoms. The van der Waals surface area contributed by atoms with Gasteiger partial charge in [-0.2, -0.15) is 0 Å². The molecule has 1 rings (SSSR count). The molecule has 1 heterocycles. The van der Waals surface area contributed by atoms with Crippen molar-refractivity contribution >= 4 is 29.9 Å². The Labute approximate surface area is 134 Å². The number of aliphatic imine (C=N–C) groups is 1. The van der Waals surface area contributed by atoms with E-state index in [0.29, 0.717) is 12.5 Å². The Morgan fingerprint density at radius 3 is 2.63 bits per heavy atom. The summed E-state index contributed by atoms with van der Waals surface area (Å²) in [5.41, 5.74) is 6.77. The first-order chi connectivity index (χ1) is 8.58. The molecule has 0 atom stereocenters. The topological polar surface area (TPSA) is 53.6 Å². The number of rotatable bonds is 6. The van der Waals surface area contributed by atoms with Crippen molar-refractivity contribution in [3.05, 3.63) is 12.2 Å². The molecule has 4 nitrogen and oxygen atoms in total. The van der Waals surface area contributed by atoms with Gasteiger partial charge in [0.05, 0.1) is 6.54 Å². The number of piperidine rings is 1. The van der Waals surface area contributed by atoms with Crippen molar-refractivity contribution in [2.45, 2.75) is 33.1 Å².